The lowest BCUT2D eigenvalue weighted by Crippen LogP contribution is -2.42. The van der Waals surface area contributed by atoms with Crippen LogP contribution in [0.5, 0.6) is 5.75 Å². The summed E-state index contributed by atoms with van der Waals surface area (Å²) in [5.74, 6) is -1.03. The molecular weight excluding hydrogens is 456 g/mol. The van der Waals surface area contributed by atoms with Crippen LogP contribution in [0.3, 0.4) is 0 Å². The Hall–Kier alpha value is -2.91. The first-order valence-electron chi connectivity index (χ1n) is 11.6. The Morgan fingerprint density at radius 1 is 1.06 bits per heavy atom. The molecule has 1 heterocycles. The van der Waals surface area contributed by atoms with E-state index in [2.05, 4.69) is 5.32 Å². The molecule has 0 aromatic heterocycles. The van der Waals surface area contributed by atoms with Crippen LogP contribution < -0.4 is 10.1 Å². The molecule has 34 heavy (non-hydrogen) atoms. The monoisotopic (exact) mass is 486 g/mol. The highest BCUT2D eigenvalue weighted by Crippen LogP contribution is 2.32. The smallest absolute Gasteiger partial charge is 0.339 e. The molecule has 2 fully saturated rings. The van der Waals surface area contributed by atoms with Gasteiger partial charge in [0.15, 0.2) is 0 Å². The molecule has 0 spiro atoms. The first-order valence-corrected chi connectivity index (χ1v) is 13.0. The molecule has 1 aliphatic carbocycles. The summed E-state index contributed by atoms with van der Waals surface area (Å²) in [5, 5.41) is 2.87. The zero-order valence-electron chi connectivity index (χ0n) is 19.4. The maximum Gasteiger partial charge on any atom is 0.339 e. The van der Waals surface area contributed by atoms with Gasteiger partial charge in [0.1, 0.15) is 10.6 Å². The third kappa shape index (κ3) is 5.26. The van der Waals surface area contributed by atoms with E-state index < -0.39 is 28.0 Å². The van der Waals surface area contributed by atoms with Crippen LogP contribution >= 0.6 is 0 Å². The molecule has 1 saturated heterocycles. The fraction of sp³-hybridized carbons (Fsp3) is 0.440. The molecule has 2 aromatic rings. The van der Waals surface area contributed by atoms with E-state index in [1.54, 1.807) is 24.3 Å². The van der Waals surface area contributed by atoms with Gasteiger partial charge in [-0.1, -0.05) is 36.8 Å². The number of amides is 1. The number of benzene rings is 2. The summed E-state index contributed by atoms with van der Waals surface area (Å²) in [7, 11) is -2.50. The summed E-state index contributed by atoms with van der Waals surface area (Å²) < 4.78 is 39.3. The maximum absolute atomic E-state index is 13.5. The van der Waals surface area contributed by atoms with Crippen LogP contribution in [0.1, 0.15) is 61.1 Å². The van der Waals surface area contributed by atoms with Crippen LogP contribution in [0.15, 0.2) is 53.4 Å². The van der Waals surface area contributed by atoms with E-state index in [0.29, 0.717) is 12.1 Å². The Morgan fingerprint density at radius 2 is 1.79 bits per heavy atom. The van der Waals surface area contributed by atoms with Crippen molar-refractivity contribution in [3.05, 3.63) is 59.7 Å². The van der Waals surface area contributed by atoms with Gasteiger partial charge in [-0.3, -0.25) is 4.79 Å². The van der Waals surface area contributed by atoms with Crippen LogP contribution in [0.25, 0.3) is 0 Å². The van der Waals surface area contributed by atoms with Crippen LogP contribution in [0.4, 0.5) is 0 Å². The third-order valence-corrected chi connectivity index (χ3v) is 8.25. The number of sulfonamides is 1. The average Bonchev–Trinajstić information content (AvgIpc) is 3.66. The van der Waals surface area contributed by atoms with Gasteiger partial charge in [-0.25, -0.2) is 13.2 Å². The highest BCUT2D eigenvalue weighted by molar-refractivity contribution is 7.89. The number of nitrogens with one attached hydrogen (secondary N) is 1. The molecule has 2 aromatic carbocycles. The van der Waals surface area contributed by atoms with E-state index in [0.717, 1.165) is 32.1 Å². The van der Waals surface area contributed by atoms with Crippen molar-refractivity contribution in [2.75, 3.05) is 13.7 Å². The van der Waals surface area contributed by atoms with Gasteiger partial charge in [0.05, 0.1) is 12.7 Å². The van der Waals surface area contributed by atoms with Crippen molar-refractivity contribution < 1.29 is 27.5 Å². The zero-order valence-corrected chi connectivity index (χ0v) is 20.2. The number of hydrogen-bond donors (Lipinski definition) is 1. The molecule has 4 rings (SSSR count). The van der Waals surface area contributed by atoms with Crippen LogP contribution in [0.2, 0.25) is 0 Å². The number of nitrogens with zero attached hydrogens (tertiary/aromatic N) is 1. The van der Waals surface area contributed by atoms with Crippen molar-refractivity contribution >= 4 is 21.9 Å². The average molecular weight is 487 g/mol. The molecule has 0 bridgehead atoms. The number of methoxy groups -OCH3 is 1. The van der Waals surface area contributed by atoms with Crippen molar-refractivity contribution in [2.45, 2.75) is 62.1 Å². The van der Waals surface area contributed by atoms with Crippen LogP contribution in [-0.4, -0.2) is 50.3 Å². The quantitative estimate of drug-likeness (QED) is 0.574. The van der Waals surface area contributed by atoms with Gasteiger partial charge in [0.2, 0.25) is 16.1 Å². The predicted molar refractivity (Wildman–Crippen MR) is 126 cm³/mol. The molecule has 9 heteroatoms. The summed E-state index contributed by atoms with van der Waals surface area (Å²) in [6.07, 6.45) is 3.19. The largest absolute Gasteiger partial charge is 0.495 e. The number of esters is 1. The summed E-state index contributed by atoms with van der Waals surface area (Å²) in [5.41, 5.74) is 0.571. The summed E-state index contributed by atoms with van der Waals surface area (Å²) in [6.45, 7) is 2.29. The highest BCUT2D eigenvalue weighted by atomic mass is 32.2. The molecule has 182 valence electrons. The number of carbonyl (C=O) groups is 2. The third-order valence-electron chi connectivity index (χ3n) is 6.22. The molecule has 1 N–H and O–H groups in total. The van der Waals surface area contributed by atoms with E-state index in [9.17, 15) is 18.0 Å². The van der Waals surface area contributed by atoms with Gasteiger partial charge in [0, 0.05) is 24.2 Å². The van der Waals surface area contributed by atoms with Gasteiger partial charge in [-0.15, -0.1) is 0 Å². The number of ether oxygens (including phenoxy) is 2. The Balaban J connectivity index is 1.63. The minimum atomic E-state index is -3.89. The zero-order chi connectivity index (χ0) is 24.3. The fourth-order valence-corrected chi connectivity index (χ4v) is 6.02. The lowest BCUT2D eigenvalue weighted by atomic mass is 10.1. The van der Waals surface area contributed by atoms with Gasteiger partial charge in [0.25, 0.3) is 5.91 Å². The van der Waals surface area contributed by atoms with Crippen LogP contribution in [0, 0.1) is 0 Å². The second-order valence-electron chi connectivity index (χ2n) is 8.81. The minimum Gasteiger partial charge on any atom is -0.495 e. The highest BCUT2D eigenvalue weighted by Gasteiger charge is 2.35. The van der Waals surface area contributed by atoms with Crippen molar-refractivity contribution in [1.82, 2.24) is 9.62 Å². The predicted octanol–water partition coefficient (Wildman–Crippen LogP) is 3.44. The first kappa shape index (κ1) is 24.2. The SMILES string of the molecule is COc1ccc(C(=O)OC(C(=O)NC2CC2)c2ccccc2)cc1S(=O)(=O)N1CCCCC1C. The Morgan fingerprint density at radius 3 is 2.44 bits per heavy atom. The maximum atomic E-state index is 13.5. The van der Waals surface area contributed by atoms with E-state index in [-0.39, 0.29) is 28.3 Å². The lowest BCUT2D eigenvalue weighted by Gasteiger charge is -2.32. The molecule has 8 nitrogen and oxygen atoms in total. The number of carbonyl (C=O) groups excluding carboxylic acids is 2. The number of hydrogen-bond acceptors (Lipinski definition) is 6. The molecule has 1 amide bonds. The van der Waals surface area contributed by atoms with Crippen molar-refractivity contribution in [3.8, 4) is 5.75 Å². The van der Waals surface area contributed by atoms with Gasteiger partial charge in [-0.2, -0.15) is 4.31 Å². The van der Waals surface area contributed by atoms with Gasteiger partial charge in [-0.05, 0) is 50.8 Å². The van der Waals surface area contributed by atoms with E-state index >= 15 is 0 Å². The van der Waals surface area contributed by atoms with E-state index in [4.69, 9.17) is 9.47 Å². The van der Waals surface area contributed by atoms with Gasteiger partial charge < -0.3 is 14.8 Å². The molecule has 2 atom stereocenters. The summed E-state index contributed by atoms with van der Waals surface area (Å²) >= 11 is 0. The minimum absolute atomic E-state index is 0.0317. The Labute approximate surface area is 200 Å². The fourth-order valence-electron chi connectivity index (χ4n) is 4.14. The van der Waals surface area contributed by atoms with E-state index in [1.165, 1.54) is 29.6 Å². The van der Waals surface area contributed by atoms with Crippen molar-refractivity contribution in [1.29, 1.82) is 0 Å². The summed E-state index contributed by atoms with van der Waals surface area (Å²) in [4.78, 5) is 25.8. The lowest BCUT2D eigenvalue weighted by molar-refractivity contribution is -0.130. The van der Waals surface area contributed by atoms with E-state index in [1.807, 2.05) is 13.0 Å². The summed E-state index contributed by atoms with van der Waals surface area (Å²) in [6, 6.07) is 12.9. The molecule has 2 unspecified atom stereocenters. The normalized spacial score (nSPS) is 19.8. The second kappa shape index (κ2) is 10.1. The van der Waals surface area contributed by atoms with Crippen molar-refractivity contribution in [3.63, 3.8) is 0 Å². The molecular formula is C25H30N2O6S. The Kier molecular flexibility index (Phi) is 7.23. The number of rotatable bonds is 8. The first-order chi connectivity index (χ1) is 16.3. The van der Waals surface area contributed by atoms with Crippen LogP contribution in [-0.2, 0) is 19.6 Å². The Bertz CT molecular complexity index is 1150. The second-order valence-corrected chi connectivity index (χ2v) is 10.7. The molecule has 1 saturated carbocycles. The molecule has 1 aliphatic heterocycles. The molecule has 0 radical (unpaired) electrons. The molecule has 2 aliphatic rings. The van der Waals surface area contributed by atoms with Crippen molar-refractivity contribution in [2.24, 2.45) is 0 Å². The van der Waals surface area contributed by atoms with Gasteiger partial charge >= 0.3 is 5.97 Å². The number of piperidine rings is 1. The topological polar surface area (TPSA) is 102 Å². The standard InChI is InChI=1S/C25H30N2O6S/c1-17-8-6-7-15-27(17)34(30,31)22-16-19(11-14-21(22)32-2)25(29)33-23(18-9-4-3-5-10-18)24(28)26-20-12-13-20/h3-5,9-11,14,16-17,20,23H,6-8,12-13,15H2,1-2H3,(H,26,28).